The Hall–Kier alpha value is -0.410. The van der Waals surface area contributed by atoms with Crippen LogP contribution < -0.4 is 5.32 Å². The SMILES string of the molecule is Cc1csc(C(NC(C)C)C(C)CC(C)C)n1. The van der Waals surface area contributed by atoms with Gasteiger partial charge < -0.3 is 5.32 Å². The Bertz CT molecular complexity index is 331. The number of hydrogen-bond donors (Lipinski definition) is 1. The summed E-state index contributed by atoms with van der Waals surface area (Å²) >= 11 is 1.78. The molecule has 3 heteroatoms. The lowest BCUT2D eigenvalue weighted by Crippen LogP contribution is -2.33. The van der Waals surface area contributed by atoms with E-state index >= 15 is 0 Å². The van der Waals surface area contributed by atoms with Crippen molar-refractivity contribution in [3.8, 4) is 0 Å². The lowest BCUT2D eigenvalue weighted by Gasteiger charge is -2.26. The van der Waals surface area contributed by atoms with Gasteiger partial charge in [0.1, 0.15) is 5.01 Å². The van der Waals surface area contributed by atoms with Crippen LogP contribution >= 0.6 is 11.3 Å². The highest BCUT2D eigenvalue weighted by atomic mass is 32.1. The average molecular weight is 254 g/mol. The van der Waals surface area contributed by atoms with Crippen LogP contribution in [0.1, 0.15) is 57.8 Å². The highest BCUT2D eigenvalue weighted by Gasteiger charge is 2.23. The fourth-order valence-electron chi connectivity index (χ4n) is 2.23. The summed E-state index contributed by atoms with van der Waals surface area (Å²) < 4.78 is 0. The predicted molar refractivity (Wildman–Crippen MR) is 76.5 cm³/mol. The summed E-state index contributed by atoms with van der Waals surface area (Å²) in [6, 6.07) is 0.898. The molecule has 0 amide bonds. The van der Waals surface area contributed by atoms with Gasteiger partial charge in [-0.25, -0.2) is 4.98 Å². The maximum Gasteiger partial charge on any atom is 0.110 e. The zero-order valence-electron chi connectivity index (χ0n) is 11.9. The van der Waals surface area contributed by atoms with E-state index in [1.54, 1.807) is 11.3 Å². The number of aromatic nitrogens is 1. The number of thiazole rings is 1. The summed E-state index contributed by atoms with van der Waals surface area (Å²) in [6.45, 7) is 13.4. The van der Waals surface area contributed by atoms with Crippen molar-refractivity contribution in [1.82, 2.24) is 10.3 Å². The Morgan fingerprint density at radius 3 is 2.29 bits per heavy atom. The van der Waals surface area contributed by atoms with Crippen LogP contribution in [0.4, 0.5) is 0 Å². The summed E-state index contributed by atoms with van der Waals surface area (Å²) in [5.41, 5.74) is 1.14. The van der Waals surface area contributed by atoms with Crippen molar-refractivity contribution < 1.29 is 0 Å². The molecule has 1 rings (SSSR count). The Kier molecular flexibility index (Phi) is 5.60. The molecule has 1 aromatic rings. The molecule has 98 valence electrons. The van der Waals surface area contributed by atoms with Gasteiger partial charge in [0.2, 0.25) is 0 Å². The minimum Gasteiger partial charge on any atom is -0.305 e. The maximum atomic E-state index is 4.65. The molecule has 2 atom stereocenters. The highest BCUT2D eigenvalue weighted by Crippen LogP contribution is 2.29. The van der Waals surface area contributed by atoms with Crippen LogP contribution in [0.15, 0.2) is 5.38 Å². The minimum atomic E-state index is 0.399. The molecule has 0 aliphatic heterocycles. The van der Waals surface area contributed by atoms with E-state index in [-0.39, 0.29) is 0 Å². The van der Waals surface area contributed by atoms with E-state index in [0.29, 0.717) is 18.0 Å². The van der Waals surface area contributed by atoms with Crippen LogP contribution in [0.25, 0.3) is 0 Å². The van der Waals surface area contributed by atoms with Gasteiger partial charge in [0.15, 0.2) is 0 Å². The van der Waals surface area contributed by atoms with Gasteiger partial charge in [-0.3, -0.25) is 0 Å². The summed E-state index contributed by atoms with van der Waals surface area (Å²) in [7, 11) is 0. The summed E-state index contributed by atoms with van der Waals surface area (Å²) in [5, 5.41) is 7.05. The van der Waals surface area contributed by atoms with Crippen LogP contribution in [0.2, 0.25) is 0 Å². The van der Waals surface area contributed by atoms with Crippen molar-refractivity contribution in [2.75, 3.05) is 0 Å². The van der Waals surface area contributed by atoms with Gasteiger partial charge >= 0.3 is 0 Å². The van der Waals surface area contributed by atoms with Crippen molar-refractivity contribution in [2.24, 2.45) is 11.8 Å². The van der Waals surface area contributed by atoms with Crippen molar-refractivity contribution in [1.29, 1.82) is 0 Å². The molecule has 0 saturated heterocycles. The van der Waals surface area contributed by atoms with Gasteiger partial charge in [0.05, 0.1) is 6.04 Å². The average Bonchev–Trinajstić information content (AvgIpc) is 2.59. The summed E-state index contributed by atoms with van der Waals surface area (Å²) in [4.78, 5) is 4.65. The number of nitrogens with one attached hydrogen (secondary N) is 1. The van der Waals surface area contributed by atoms with E-state index in [2.05, 4.69) is 57.2 Å². The normalized spacial score (nSPS) is 15.5. The second-order valence-electron chi connectivity index (χ2n) is 5.73. The summed E-state index contributed by atoms with van der Waals surface area (Å²) in [6.07, 6.45) is 1.24. The standard InChI is InChI=1S/C14H26N2S/c1-9(2)7-11(5)13(15-10(3)4)14-16-12(6)8-17-14/h8-11,13,15H,7H2,1-6H3. The van der Waals surface area contributed by atoms with E-state index in [1.807, 2.05) is 0 Å². The van der Waals surface area contributed by atoms with E-state index in [1.165, 1.54) is 11.4 Å². The fourth-order valence-corrected chi connectivity index (χ4v) is 3.22. The molecular formula is C14H26N2S. The van der Waals surface area contributed by atoms with Gasteiger partial charge in [0.25, 0.3) is 0 Å². The Labute approximate surface area is 110 Å². The number of hydrogen-bond acceptors (Lipinski definition) is 3. The smallest absolute Gasteiger partial charge is 0.110 e. The monoisotopic (exact) mass is 254 g/mol. The zero-order valence-corrected chi connectivity index (χ0v) is 12.8. The lowest BCUT2D eigenvalue weighted by molar-refractivity contribution is 0.311. The Morgan fingerprint density at radius 1 is 1.24 bits per heavy atom. The first-order valence-electron chi connectivity index (χ1n) is 6.58. The van der Waals surface area contributed by atoms with Gasteiger partial charge in [0, 0.05) is 17.1 Å². The van der Waals surface area contributed by atoms with E-state index in [4.69, 9.17) is 0 Å². The van der Waals surface area contributed by atoms with Gasteiger partial charge in [-0.2, -0.15) is 0 Å². The van der Waals surface area contributed by atoms with E-state index < -0.39 is 0 Å². The van der Waals surface area contributed by atoms with Crippen LogP contribution in [-0.2, 0) is 0 Å². The van der Waals surface area contributed by atoms with E-state index in [0.717, 1.165) is 11.6 Å². The van der Waals surface area contributed by atoms with Crippen molar-refractivity contribution in [3.63, 3.8) is 0 Å². The van der Waals surface area contributed by atoms with Gasteiger partial charge in [-0.05, 0) is 25.2 Å². The van der Waals surface area contributed by atoms with Crippen molar-refractivity contribution in [3.05, 3.63) is 16.1 Å². The Morgan fingerprint density at radius 2 is 1.88 bits per heavy atom. The van der Waals surface area contributed by atoms with Crippen LogP contribution in [0.3, 0.4) is 0 Å². The molecule has 0 radical (unpaired) electrons. The maximum absolute atomic E-state index is 4.65. The first-order valence-corrected chi connectivity index (χ1v) is 7.46. The second-order valence-corrected chi connectivity index (χ2v) is 6.62. The predicted octanol–water partition coefficient (Wildman–Crippen LogP) is 4.17. The third-order valence-corrected chi connectivity index (χ3v) is 3.87. The van der Waals surface area contributed by atoms with Crippen LogP contribution in [0, 0.1) is 18.8 Å². The van der Waals surface area contributed by atoms with Crippen LogP contribution in [-0.4, -0.2) is 11.0 Å². The largest absolute Gasteiger partial charge is 0.305 e. The lowest BCUT2D eigenvalue weighted by atomic mass is 9.92. The van der Waals surface area contributed by atoms with Crippen molar-refractivity contribution >= 4 is 11.3 Å². The van der Waals surface area contributed by atoms with Crippen LogP contribution in [0.5, 0.6) is 0 Å². The van der Waals surface area contributed by atoms with Crippen molar-refractivity contribution in [2.45, 2.75) is 60.0 Å². The molecule has 0 bridgehead atoms. The van der Waals surface area contributed by atoms with Gasteiger partial charge in [-0.15, -0.1) is 11.3 Å². The third kappa shape index (κ3) is 4.76. The molecule has 0 aliphatic carbocycles. The molecule has 0 fully saturated rings. The quantitative estimate of drug-likeness (QED) is 0.824. The molecule has 2 nitrogen and oxygen atoms in total. The molecule has 0 aromatic carbocycles. The molecule has 0 spiro atoms. The zero-order chi connectivity index (χ0) is 13.0. The second kappa shape index (κ2) is 6.50. The molecule has 0 aliphatic rings. The number of aryl methyl sites for hydroxylation is 1. The number of nitrogens with zero attached hydrogens (tertiary/aromatic N) is 1. The first kappa shape index (κ1) is 14.7. The fraction of sp³-hybridized carbons (Fsp3) is 0.786. The Balaban J connectivity index is 2.79. The number of rotatable bonds is 6. The molecular weight excluding hydrogens is 228 g/mol. The topological polar surface area (TPSA) is 24.9 Å². The highest BCUT2D eigenvalue weighted by molar-refractivity contribution is 7.09. The molecule has 17 heavy (non-hydrogen) atoms. The molecule has 1 heterocycles. The minimum absolute atomic E-state index is 0.399. The van der Waals surface area contributed by atoms with E-state index in [9.17, 15) is 0 Å². The summed E-state index contributed by atoms with van der Waals surface area (Å²) in [5.74, 6) is 1.37. The molecule has 1 N–H and O–H groups in total. The molecule has 1 aromatic heterocycles. The molecule has 0 saturated carbocycles. The third-order valence-electron chi connectivity index (χ3n) is 2.83. The first-order chi connectivity index (χ1) is 7.90. The molecule has 2 unspecified atom stereocenters. The van der Waals surface area contributed by atoms with Gasteiger partial charge in [-0.1, -0.05) is 34.6 Å².